The van der Waals surface area contributed by atoms with Crippen LogP contribution in [0.4, 0.5) is 8.78 Å². The number of aliphatic hydroxyl groups excluding tert-OH is 1. The quantitative estimate of drug-likeness (QED) is 0.874. The summed E-state index contributed by atoms with van der Waals surface area (Å²) in [6.07, 6.45) is 1.31. The molecule has 0 saturated heterocycles. The molecule has 0 aliphatic carbocycles. The Morgan fingerprint density at radius 3 is 2.41 bits per heavy atom. The fourth-order valence-corrected chi connectivity index (χ4v) is 1.25. The summed E-state index contributed by atoms with van der Waals surface area (Å²) < 4.78 is 25.3. The molecular formula is C10H8F2N4O. The smallest absolute Gasteiger partial charge is 0.280 e. The molecule has 0 amide bonds. The number of aromatic nitrogens is 4. The Morgan fingerprint density at radius 1 is 1.12 bits per heavy atom. The lowest BCUT2D eigenvalue weighted by molar-refractivity contribution is 0.141. The van der Waals surface area contributed by atoms with Crippen molar-refractivity contribution in [1.82, 2.24) is 19.9 Å². The molecular weight excluding hydrogens is 230 g/mol. The van der Waals surface area contributed by atoms with Crippen molar-refractivity contribution in [1.29, 1.82) is 0 Å². The minimum Gasteiger partial charge on any atom is -0.392 e. The van der Waals surface area contributed by atoms with Gasteiger partial charge in [0.2, 0.25) is 0 Å². The summed E-state index contributed by atoms with van der Waals surface area (Å²) in [6, 6.07) is 1.60. The zero-order chi connectivity index (χ0) is 12.3. The molecule has 5 nitrogen and oxygen atoms in total. The Labute approximate surface area is 95.2 Å². The van der Waals surface area contributed by atoms with Crippen LogP contribution in [0, 0.1) is 0 Å². The van der Waals surface area contributed by atoms with E-state index in [1.165, 1.54) is 12.4 Å². The summed E-state index contributed by atoms with van der Waals surface area (Å²) in [6.45, 7) is -0.532. The average molecular weight is 238 g/mol. The van der Waals surface area contributed by atoms with Gasteiger partial charge in [-0.05, 0) is 6.07 Å². The molecule has 2 heterocycles. The van der Waals surface area contributed by atoms with Crippen molar-refractivity contribution in [3.8, 4) is 11.6 Å². The lowest BCUT2D eigenvalue weighted by atomic mass is 10.2. The predicted octanol–water partition coefficient (Wildman–Crippen LogP) is 1.36. The molecule has 1 N–H and O–H groups in total. The fraction of sp³-hybridized carbons (Fsp3) is 0.200. The largest absolute Gasteiger partial charge is 0.392 e. The first-order valence-electron chi connectivity index (χ1n) is 4.74. The van der Waals surface area contributed by atoms with Gasteiger partial charge in [-0.15, -0.1) is 0 Å². The van der Waals surface area contributed by atoms with E-state index >= 15 is 0 Å². The van der Waals surface area contributed by atoms with Crippen molar-refractivity contribution in [2.75, 3.05) is 0 Å². The highest BCUT2D eigenvalue weighted by Gasteiger charge is 2.17. The topological polar surface area (TPSA) is 71.8 Å². The number of hydrogen-bond donors (Lipinski definition) is 1. The molecule has 17 heavy (non-hydrogen) atoms. The van der Waals surface area contributed by atoms with Gasteiger partial charge in [0, 0.05) is 24.2 Å². The Balaban J connectivity index is 2.48. The summed E-state index contributed by atoms with van der Waals surface area (Å²) in [5, 5.41) is 8.88. The summed E-state index contributed by atoms with van der Waals surface area (Å²) in [5.41, 5.74) is -0.496. The molecule has 2 aromatic heterocycles. The monoisotopic (exact) mass is 238 g/mol. The van der Waals surface area contributed by atoms with Crippen LogP contribution < -0.4 is 0 Å². The summed E-state index contributed by atoms with van der Waals surface area (Å²) in [4.78, 5) is 15.2. The van der Waals surface area contributed by atoms with Crippen molar-refractivity contribution < 1.29 is 13.9 Å². The highest BCUT2D eigenvalue weighted by molar-refractivity contribution is 5.43. The van der Waals surface area contributed by atoms with Gasteiger partial charge in [0.25, 0.3) is 6.43 Å². The van der Waals surface area contributed by atoms with E-state index in [1.54, 1.807) is 6.07 Å². The SMILES string of the molecule is OCc1cnc(-c2ncccn2)nc1C(F)F. The Hall–Kier alpha value is -2.02. The molecule has 88 valence electrons. The van der Waals surface area contributed by atoms with E-state index in [1.807, 2.05) is 0 Å². The van der Waals surface area contributed by atoms with Gasteiger partial charge in [0.05, 0.1) is 6.61 Å². The minimum absolute atomic E-state index is 0.000295. The second-order valence-electron chi connectivity index (χ2n) is 3.14. The van der Waals surface area contributed by atoms with Crippen LogP contribution in [0.2, 0.25) is 0 Å². The number of hydrogen-bond acceptors (Lipinski definition) is 5. The van der Waals surface area contributed by atoms with Crippen LogP contribution in [-0.4, -0.2) is 25.0 Å². The van der Waals surface area contributed by atoms with Crippen molar-refractivity contribution in [2.45, 2.75) is 13.0 Å². The molecule has 0 fully saturated rings. The van der Waals surface area contributed by atoms with Gasteiger partial charge in [0.1, 0.15) is 5.69 Å². The molecule has 0 aliphatic rings. The van der Waals surface area contributed by atoms with Crippen LogP contribution in [0.1, 0.15) is 17.7 Å². The standard InChI is InChI=1S/C10H8F2N4O/c11-8(12)7-6(5-17)4-15-10(16-7)9-13-2-1-3-14-9/h1-4,8,17H,5H2. The van der Waals surface area contributed by atoms with Crippen LogP contribution in [0.15, 0.2) is 24.7 Å². The Morgan fingerprint density at radius 2 is 1.82 bits per heavy atom. The molecule has 0 atom stereocenters. The normalized spacial score (nSPS) is 10.8. The van der Waals surface area contributed by atoms with Crippen LogP contribution in [0.25, 0.3) is 11.6 Å². The van der Waals surface area contributed by atoms with E-state index in [0.29, 0.717) is 0 Å². The molecule has 0 saturated carbocycles. The maximum absolute atomic E-state index is 12.7. The van der Waals surface area contributed by atoms with E-state index < -0.39 is 18.7 Å². The summed E-state index contributed by atoms with van der Waals surface area (Å²) in [5.74, 6) is 0.178. The molecule has 0 aliphatic heterocycles. The number of nitrogens with zero attached hydrogens (tertiary/aromatic N) is 4. The van der Waals surface area contributed by atoms with Gasteiger partial charge in [-0.25, -0.2) is 28.7 Å². The van der Waals surface area contributed by atoms with Crippen molar-refractivity contribution in [3.63, 3.8) is 0 Å². The van der Waals surface area contributed by atoms with Crippen LogP contribution in [-0.2, 0) is 6.61 Å². The van der Waals surface area contributed by atoms with Crippen molar-refractivity contribution >= 4 is 0 Å². The van der Waals surface area contributed by atoms with E-state index in [9.17, 15) is 8.78 Å². The van der Waals surface area contributed by atoms with E-state index in [0.717, 1.165) is 6.20 Å². The third-order valence-corrected chi connectivity index (χ3v) is 2.04. The van der Waals surface area contributed by atoms with Crippen LogP contribution in [0.3, 0.4) is 0 Å². The predicted molar refractivity (Wildman–Crippen MR) is 53.9 cm³/mol. The maximum atomic E-state index is 12.7. The first kappa shape index (κ1) is 11.5. The van der Waals surface area contributed by atoms with E-state index in [2.05, 4.69) is 19.9 Å². The molecule has 0 spiro atoms. The molecule has 0 radical (unpaired) electrons. The molecule has 0 unspecified atom stereocenters. The molecule has 2 rings (SSSR count). The highest BCUT2D eigenvalue weighted by atomic mass is 19.3. The van der Waals surface area contributed by atoms with Gasteiger partial charge in [0.15, 0.2) is 11.6 Å². The summed E-state index contributed by atoms with van der Waals surface area (Å²) >= 11 is 0. The number of aliphatic hydroxyl groups is 1. The maximum Gasteiger partial charge on any atom is 0.280 e. The van der Waals surface area contributed by atoms with E-state index in [4.69, 9.17) is 5.11 Å². The lowest BCUT2D eigenvalue weighted by Crippen LogP contribution is -2.03. The molecule has 2 aromatic rings. The molecule has 0 bridgehead atoms. The van der Waals surface area contributed by atoms with Gasteiger partial charge in [-0.3, -0.25) is 0 Å². The summed E-state index contributed by atoms with van der Waals surface area (Å²) in [7, 11) is 0. The minimum atomic E-state index is -2.78. The fourth-order valence-electron chi connectivity index (χ4n) is 1.25. The second-order valence-corrected chi connectivity index (χ2v) is 3.14. The Bertz CT molecular complexity index is 507. The first-order chi connectivity index (χ1) is 8.22. The number of rotatable bonds is 3. The zero-order valence-corrected chi connectivity index (χ0v) is 8.59. The highest BCUT2D eigenvalue weighted by Crippen LogP contribution is 2.22. The first-order valence-corrected chi connectivity index (χ1v) is 4.74. The van der Waals surface area contributed by atoms with E-state index in [-0.39, 0.29) is 17.2 Å². The van der Waals surface area contributed by atoms with Gasteiger partial charge >= 0.3 is 0 Å². The zero-order valence-electron chi connectivity index (χ0n) is 8.59. The van der Waals surface area contributed by atoms with Gasteiger partial charge in [-0.1, -0.05) is 0 Å². The number of alkyl halides is 2. The second kappa shape index (κ2) is 4.88. The lowest BCUT2D eigenvalue weighted by Gasteiger charge is -2.06. The molecule has 0 aromatic carbocycles. The third kappa shape index (κ3) is 2.39. The molecule has 7 heteroatoms. The Kier molecular flexibility index (Phi) is 3.29. The third-order valence-electron chi connectivity index (χ3n) is 2.04. The van der Waals surface area contributed by atoms with Crippen molar-refractivity contribution in [2.24, 2.45) is 0 Å². The number of halogens is 2. The average Bonchev–Trinajstić information content (AvgIpc) is 2.39. The van der Waals surface area contributed by atoms with Crippen LogP contribution >= 0.6 is 0 Å². The van der Waals surface area contributed by atoms with Crippen LogP contribution in [0.5, 0.6) is 0 Å². The van der Waals surface area contributed by atoms with Gasteiger partial charge in [-0.2, -0.15) is 0 Å². The van der Waals surface area contributed by atoms with Crippen molar-refractivity contribution in [3.05, 3.63) is 35.9 Å². The van der Waals surface area contributed by atoms with Gasteiger partial charge < -0.3 is 5.11 Å².